The van der Waals surface area contributed by atoms with Crippen LogP contribution in [0.5, 0.6) is 0 Å². The number of ether oxygens (including phenoxy) is 1. The lowest BCUT2D eigenvalue weighted by molar-refractivity contribution is -0.0197. The molecule has 1 spiro atoms. The number of rotatable bonds is 2. The lowest BCUT2D eigenvalue weighted by Gasteiger charge is -2.33. The van der Waals surface area contributed by atoms with Gasteiger partial charge in [-0.2, -0.15) is 0 Å². The zero-order valence-corrected chi connectivity index (χ0v) is 10.9. The monoisotopic (exact) mass is 226 g/mol. The van der Waals surface area contributed by atoms with E-state index in [1.54, 1.807) is 0 Å². The highest BCUT2D eigenvalue weighted by Crippen LogP contribution is 2.36. The maximum absolute atomic E-state index is 6.08. The van der Waals surface area contributed by atoms with E-state index in [4.69, 9.17) is 4.74 Å². The summed E-state index contributed by atoms with van der Waals surface area (Å²) in [4.78, 5) is 0. The number of piperidine rings is 1. The molecule has 2 heterocycles. The molecule has 0 amide bonds. The van der Waals surface area contributed by atoms with Crippen molar-refractivity contribution in [2.45, 2.75) is 51.2 Å². The van der Waals surface area contributed by atoms with Crippen molar-refractivity contribution in [3.05, 3.63) is 0 Å². The third-order valence-corrected chi connectivity index (χ3v) is 3.72. The van der Waals surface area contributed by atoms with Crippen molar-refractivity contribution in [3.63, 3.8) is 0 Å². The summed E-state index contributed by atoms with van der Waals surface area (Å²) in [7, 11) is 0. The first kappa shape index (κ1) is 12.3. The molecule has 0 bridgehead atoms. The molecule has 2 aliphatic rings. The van der Waals surface area contributed by atoms with E-state index < -0.39 is 0 Å². The van der Waals surface area contributed by atoms with Gasteiger partial charge in [0.05, 0.1) is 12.2 Å². The molecule has 2 fully saturated rings. The van der Waals surface area contributed by atoms with Gasteiger partial charge in [0.15, 0.2) is 0 Å². The van der Waals surface area contributed by atoms with Crippen molar-refractivity contribution in [2.24, 2.45) is 5.92 Å². The maximum atomic E-state index is 6.08. The summed E-state index contributed by atoms with van der Waals surface area (Å²) < 4.78 is 6.08. The van der Waals surface area contributed by atoms with Gasteiger partial charge in [0, 0.05) is 12.1 Å². The van der Waals surface area contributed by atoms with E-state index in [0.717, 1.165) is 26.2 Å². The molecule has 0 radical (unpaired) electrons. The van der Waals surface area contributed by atoms with Crippen LogP contribution in [0, 0.1) is 5.92 Å². The summed E-state index contributed by atoms with van der Waals surface area (Å²) in [6, 6.07) is 0. The predicted octanol–water partition coefficient (Wildman–Crippen LogP) is 1.53. The smallest absolute Gasteiger partial charge is 0.0710 e. The molecule has 2 rings (SSSR count). The van der Waals surface area contributed by atoms with Crippen LogP contribution >= 0.6 is 0 Å². The highest BCUT2D eigenvalue weighted by Gasteiger charge is 2.40. The average Bonchev–Trinajstić information content (AvgIpc) is 2.59. The fourth-order valence-corrected chi connectivity index (χ4v) is 2.75. The fourth-order valence-electron chi connectivity index (χ4n) is 2.75. The molecular formula is C13H26N2O. The molecule has 1 atom stereocenters. The van der Waals surface area contributed by atoms with Crippen molar-refractivity contribution in [3.8, 4) is 0 Å². The van der Waals surface area contributed by atoms with Crippen LogP contribution in [0.3, 0.4) is 0 Å². The Balaban J connectivity index is 1.79. The van der Waals surface area contributed by atoms with Gasteiger partial charge >= 0.3 is 0 Å². The van der Waals surface area contributed by atoms with E-state index >= 15 is 0 Å². The van der Waals surface area contributed by atoms with Gasteiger partial charge in [-0.3, -0.25) is 0 Å². The lowest BCUT2D eigenvalue weighted by Crippen LogP contribution is -2.42. The molecule has 0 aromatic carbocycles. The van der Waals surface area contributed by atoms with Crippen molar-refractivity contribution < 1.29 is 4.74 Å². The molecule has 16 heavy (non-hydrogen) atoms. The van der Waals surface area contributed by atoms with E-state index in [0.29, 0.717) is 5.92 Å². The Kier molecular flexibility index (Phi) is 3.57. The summed E-state index contributed by atoms with van der Waals surface area (Å²) in [6.07, 6.45) is 3.63. The predicted molar refractivity (Wildman–Crippen MR) is 66.6 cm³/mol. The Morgan fingerprint density at radius 1 is 1.31 bits per heavy atom. The van der Waals surface area contributed by atoms with Crippen molar-refractivity contribution in [1.29, 1.82) is 0 Å². The zero-order chi connectivity index (χ0) is 11.6. The van der Waals surface area contributed by atoms with Crippen molar-refractivity contribution in [1.82, 2.24) is 10.6 Å². The van der Waals surface area contributed by atoms with E-state index in [2.05, 4.69) is 31.4 Å². The first-order valence-corrected chi connectivity index (χ1v) is 6.59. The van der Waals surface area contributed by atoms with Gasteiger partial charge in [-0.1, -0.05) is 0 Å². The van der Waals surface area contributed by atoms with Crippen LogP contribution in [0.25, 0.3) is 0 Å². The van der Waals surface area contributed by atoms with Crippen molar-refractivity contribution >= 4 is 0 Å². The van der Waals surface area contributed by atoms with Crippen LogP contribution in [0.1, 0.15) is 40.0 Å². The molecule has 1 unspecified atom stereocenters. The average molecular weight is 226 g/mol. The largest absolute Gasteiger partial charge is 0.375 e. The Bertz CT molecular complexity index is 229. The first-order chi connectivity index (χ1) is 7.49. The molecule has 2 saturated heterocycles. The first-order valence-electron chi connectivity index (χ1n) is 6.59. The zero-order valence-electron chi connectivity index (χ0n) is 10.9. The topological polar surface area (TPSA) is 33.3 Å². The van der Waals surface area contributed by atoms with Gasteiger partial charge < -0.3 is 15.4 Å². The Labute approximate surface area is 99.3 Å². The fraction of sp³-hybridized carbons (Fsp3) is 1.00. The summed E-state index contributed by atoms with van der Waals surface area (Å²) >= 11 is 0. The summed E-state index contributed by atoms with van der Waals surface area (Å²) in [5.74, 6) is 0.706. The summed E-state index contributed by atoms with van der Waals surface area (Å²) in [5.41, 5.74) is 0.444. The Morgan fingerprint density at radius 2 is 2.00 bits per heavy atom. The molecule has 3 heteroatoms. The van der Waals surface area contributed by atoms with Gasteiger partial charge in [-0.15, -0.1) is 0 Å². The lowest BCUT2D eigenvalue weighted by atomic mass is 9.86. The SMILES string of the molecule is CC(C)(C)NCC1COC2(CCNCC2)C1. The molecule has 0 saturated carbocycles. The maximum Gasteiger partial charge on any atom is 0.0710 e. The molecule has 0 aromatic rings. The molecule has 0 aliphatic carbocycles. The Morgan fingerprint density at radius 3 is 2.62 bits per heavy atom. The van der Waals surface area contributed by atoms with Gasteiger partial charge in [0.1, 0.15) is 0 Å². The van der Waals surface area contributed by atoms with Gasteiger partial charge in [0.25, 0.3) is 0 Å². The quantitative estimate of drug-likeness (QED) is 0.749. The van der Waals surface area contributed by atoms with E-state index in [-0.39, 0.29) is 11.1 Å². The van der Waals surface area contributed by atoms with Crippen LogP contribution in [-0.4, -0.2) is 37.4 Å². The Hall–Kier alpha value is -0.120. The highest BCUT2D eigenvalue weighted by molar-refractivity contribution is 4.93. The molecule has 0 aromatic heterocycles. The van der Waals surface area contributed by atoms with Crippen molar-refractivity contribution in [2.75, 3.05) is 26.2 Å². The number of nitrogens with one attached hydrogen (secondary N) is 2. The second-order valence-electron chi connectivity index (χ2n) is 6.45. The van der Waals surface area contributed by atoms with Crippen LogP contribution in [0.2, 0.25) is 0 Å². The van der Waals surface area contributed by atoms with Gasteiger partial charge in [0.2, 0.25) is 0 Å². The second kappa shape index (κ2) is 4.63. The van der Waals surface area contributed by atoms with Crippen LogP contribution < -0.4 is 10.6 Å². The van der Waals surface area contributed by atoms with E-state index in [1.807, 2.05) is 0 Å². The third-order valence-electron chi connectivity index (χ3n) is 3.72. The highest BCUT2D eigenvalue weighted by atomic mass is 16.5. The second-order valence-corrected chi connectivity index (χ2v) is 6.45. The van der Waals surface area contributed by atoms with E-state index in [1.165, 1.54) is 19.3 Å². The minimum Gasteiger partial charge on any atom is -0.375 e. The molecule has 2 aliphatic heterocycles. The molecule has 94 valence electrons. The number of hydrogen-bond acceptors (Lipinski definition) is 3. The minimum absolute atomic E-state index is 0.218. The van der Waals surface area contributed by atoms with Crippen LogP contribution in [0.15, 0.2) is 0 Å². The number of hydrogen-bond donors (Lipinski definition) is 2. The normalized spacial score (nSPS) is 29.8. The van der Waals surface area contributed by atoms with Crippen LogP contribution in [0.4, 0.5) is 0 Å². The summed E-state index contributed by atoms with van der Waals surface area (Å²) in [5, 5.41) is 7.00. The standard InChI is InChI=1S/C13H26N2O/c1-12(2,3)15-9-11-8-13(16-10-11)4-6-14-7-5-13/h11,14-15H,4-10H2,1-3H3. The molecule has 2 N–H and O–H groups in total. The van der Waals surface area contributed by atoms with Gasteiger partial charge in [-0.05, 0) is 59.0 Å². The molecular weight excluding hydrogens is 200 g/mol. The summed E-state index contributed by atoms with van der Waals surface area (Å²) in [6.45, 7) is 11.0. The molecule has 3 nitrogen and oxygen atoms in total. The van der Waals surface area contributed by atoms with Gasteiger partial charge in [-0.25, -0.2) is 0 Å². The third kappa shape index (κ3) is 3.19. The minimum atomic E-state index is 0.218. The van der Waals surface area contributed by atoms with Crippen LogP contribution in [-0.2, 0) is 4.74 Å². The van der Waals surface area contributed by atoms with E-state index in [9.17, 15) is 0 Å².